The van der Waals surface area contributed by atoms with Gasteiger partial charge in [0.15, 0.2) is 6.61 Å². The van der Waals surface area contributed by atoms with Crippen molar-refractivity contribution < 1.29 is 27.4 Å². The summed E-state index contributed by atoms with van der Waals surface area (Å²) < 4.78 is 45.9. The fraction of sp³-hybridized carbons (Fsp3) is 0.360. The van der Waals surface area contributed by atoms with E-state index in [0.29, 0.717) is 17.8 Å². The fourth-order valence-electron chi connectivity index (χ4n) is 4.21. The number of aromatic nitrogens is 1. The van der Waals surface area contributed by atoms with E-state index in [-0.39, 0.29) is 18.1 Å². The third-order valence-electron chi connectivity index (χ3n) is 5.59. The average Bonchev–Trinajstić information content (AvgIpc) is 2.77. The van der Waals surface area contributed by atoms with Crippen molar-refractivity contribution >= 4 is 28.3 Å². The number of pyridine rings is 1. The minimum atomic E-state index is -4.76. The molecule has 2 heterocycles. The smallest absolute Gasteiger partial charge is 0.484 e. The summed E-state index contributed by atoms with van der Waals surface area (Å²) in [6.45, 7) is 7.80. The molecule has 0 spiro atoms. The van der Waals surface area contributed by atoms with E-state index in [9.17, 15) is 18.0 Å². The quantitative estimate of drug-likeness (QED) is 0.526. The van der Waals surface area contributed by atoms with E-state index < -0.39 is 12.3 Å². The van der Waals surface area contributed by atoms with Crippen LogP contribution in [0.5, 0.6) is 11.5 Å². The maximum Gasteiger partial charge on any atom is 0.573 e. The maximum atomic E-state index is 12.3. The van der Waals surface area contributed by atoms with Crippen molar-refractivity contribution in [1.82, 2.24) is 10.3 Å². The van der Waals surface area contributed by atoms with Crippen LogP contribution in [0.4, 0.5) is 24.7 Å². The van der Waals surface area contributed by atoms with Crippen LogP contribution < -0.4 is 25.0 Å². The molecule has 1 fully saturated rings. The SMILES string of the molecule is Cc1cc(N2CC(C)N[C@H](C)C2)nc2ccc(NC(=O)COc3ccc(OC(F)(F)F)cc3)cc12. The molecule has 1 saturated heterocycles. The molecule has 0 bridgehead atoms. The van der Waals surface area contributed by atoms with Crippen LogP contribution in [-0.2, 0) is 4.79 Å². The van der Waals surface area contributed by atoms with Crippen LogP contribution in [-0.4, -0.2) is 49.0 Å². The van der Waals surface area contributed by atoms with Crippen molar-refractivity contribution in [1.29, 1.82) is 0 Å². The number of carbonyl (C=O) groups excluding carboxylic acids is 1. The van der Waals surface area contributed by atoms with Gasteiger partial charge in [-0.15, -0.1) is 13.2 Å². The largest absolute Gasteiger partial charge is 0.573 e. The highest BCUT2D eigenvalue weighted by molar-refractivity contribution is 5.95. The molecular formula is C25H27F3N4O3. The number of nitrogens with one attached hydrogen (secondary N) is 2. The van der Waals surface area contributed by atoms with Gasteiger partial charge in [-0.3, -0.25) is 4.79 Å². The van der Waals surface area contributed by atoms with Crippen molar-refractivity contribution in [2.24, 2.45) is 0 Å². The van der Waals surface area contributed by atoms with Gasteiger partial charge in [-0.2, -0.15) is 0 Å². The van der Waals surface area contributed by atoms with Gasteiger partial charge in [0.1, 0.15) is 17.3 Å². The van der Waals surface area contributed by atoms with E-state index in [1.807, 2.05) is 19.1 Å². The zero-order valence-electron chi connectivity index (χ0n) is 19.6. The summed E-state index contributed by atoms with van der Waals surface area (Å²) in [5.41, 5.74) is 2.49. The van der Waals surface area contributed by atoms with Crippen LogP contribution in [0.25, 0.3) is 10.9 Å². The van der Waals surface area contributed by atoms with Crippen molar-refractivity contribution in [2.45, 2.75) is 39.2 Å². The highest BCUT2D eigenvalue weighted by Gasteiger charge is 2.31. The third kappa shape index (κ3) is 6.54. The minimum Gasteiger partial charge on any atom is -0.484 e. The predicted octanol–water partition coefficient (Wildman–Crippen LogP) is 4.65. The van der Waals surface area contributed by atoms with Crippen LogP contribution in [0.2, 0.25) is 0 Å². The molecule has 35 heavy (non-hydrogen) atoms. The summed E-state index contributed by atoms with van der Waals surface area (Å²) in [6.07, 6.45) is -4.76. The lowest BCUT2D eigenvalue weighted by Gasteiger charge is -2.37. The first-order valence-electron chi connectivity index (χ1n) is 11.3. The number of anilines is 2. The summed E-state index contributed by atoms with van der Waals surface area (Å²) in [7, 11) is 0. The normalized spacial score (nSPS) is 18.4. The first-order valence-corrected chi connectivity index (χ1v) is 11.3. The molecule has 2 atom stereocenters. The second-order valence-corrected chi connectivity index (χ2v) is 8.76. The zero-order chi connectivity index (χ0) is 25.2. The van der Waals surface area contributed by atoms with Crippen LogP contribution in [0.3, 0.4) is 0 Å². The Morgan fingerprint density at radius 1 is 1.09 bits per heavy atom. The average molecular weight is 489 g/mol. The Morgan fingerprint density at radius 3 is 2.40 bits per heavy atom. The first kappa shape index (κ1) is 24.6. The Bertz CT molecular complexity index is 1190. The van der Waals surface area contributed by atoms with Crippen molar-refractivity contribution in [3.8, 4) is 11.5 Å². The molecule has 0 radical (unpaired) electrons. The summed E-state index contributed by atoms with van der Waals surface area (Å²) in [4.78, 5) is 19.5. The molecule has 1 unspecified atom stereocenters. The number of benzene rings is 2. The Morgan fingerprint density at radius 2 is 1.74 bits per heavy atom. The lowest BCUT2D eigenvalue weighted by molar-refractivity contribution is -0.274. The molecule has 4 rings (SSSR count). The second-order valence-electron chi connectivity index (χ2n) is 8.76. The van der Waals surface area contributed by atoms with Crippen LogP contribution in [0, 0.1) is 6.92 Å². The number of fused-ring (bicyclic) bond motifs is 1. The number of ether oxygens (including phenoxy) is 2. The van der Waals surface area contributed by atoms with E-state index in [2.05, 4.69) is 40.2 Å². The number of aryl methyl sites for hydroxylation is 1. The van der Waals surface area contributed by atoms with Gasteiger partial charge in [0, 0.05) is 36.2 Å². The highest BCUT2D eigenvalue weighted by Crippen LogP contribution is 2.27. The minimum absolute atomic E-state index is 0.248. The molecule has 7 nitrogen and oxygen atoms in total. The Labute approximate surface area is 201 Å². The Hall–Kier alpha value is -3.53. The van der Waals surface area contributed by atoms with Crippen LogP contribution in [0.15, 0.2) is 48.5 Å². The van der Waals surface area contributed by atoms with E-state index in [1.165, 1.54) is 12.1 Å². The van der Waals surface area contributed by atoms with Gasteiger partial charge in [0.2, 0.25) is 0 Å². The molecule has 1 aromatic heterocycles. The maximum absolute atomic E-state index is 12.3. The Balaban J connectivity index is 1.38. The summed E-state index contributed by atoms with van der Waals surface area (Å²) >= 11 is 0. The van der Waals surface area contributed by atoms with Crippen molar-refractivity contribution in [3.05, 3.63) is 54.1 Å². The van der Waals surface area contributed by atoms with Crippen molar-refractivity contribution in [2.75, 3.05) is 29.9 Å². The number of amides is 1. The Kier molecular flexibility index (Phi) is 7.02. The number of nitrogens with zero attached hydrogens (tertiary/aromatic N) is 2. The molecular weight excluding hydrogens is 461 g/mol. The van der Waals surface area contributed by atoms with Crippen LogP contribution >= 0.6 is 0 Å². The molecule has 2 aromatic carbocycles. The molecule has 186 valence electrons. The first-order chi connectivity index (χ1) is 16.6. The van der Waals surface area contributed by atoms with Gasteiger partial charge < -0.3 is 25.0 Å². The molecule has 0 saturated carbocycles. The third-order valence-corrected chi connectivity index (χ3v) is 5.59. The van der Waals surface area contributed by atoms with Gasteiger partial charge in [0.25, 0.3) is 5.91 Å². The molecule has 1 aliphatic heterocycles. The number of carbonyl (C=O) groups is 1. The van der Waals surface area contributed by atoms with Gasteiger partial charge in [-0.05, 0) is 74.9 Å². The number of hydrogen-bond donors (Lipinski definition) is 2. The standard InChI is InChI=1S/C25H27F3N4O3/c1-15-10-23(32-12-16(2)29-17(3)13-32)31-22-9-4-18(11-21(15)22)30-24(33)14-34-19-5-7-20(8-6-19)35-25(26,27)28/h4-11,16-17,29H,12-14H2,1-3H3,(H,30,33)/t16-,17?/m1/s1. The summed E-state index contributed by atoms with van der Waals surface area (Å²) in [5, 5.41) is 7.24. The summed E-state index contributed by atoms with van der Waals surface area (Å²) in [6, 6.07) is 13.2. The summed E-state index contributed by atoms with van der Waals surface area (Å²) in [5.74, 6) is 0.425. The topological polar surface area (TPSA) is 75.7 Å². The van der Waals surface area contributed by atoms with Gasteiger partial charge in [0.05, 0.1) is 5.52 Å². The number of hydrogen-bond acceptors (Lipinski definition) is 6. The molecule has 2 N–H and O–H groups in total. The number of piperazine rings is 1. The second kappa shape index (κ2) is 9.99. The number of rotatable bonds is 6. The molecule has 1 amide bonds. The molecule has 10 heteroatoms. The van der Waals surface area contributed by atoms with Gasteiger partial charge in [-0.1, -0.05) is 0 Å². The van der Waals surface area contributed by atoms with Crippen molar-refractivity contribution in [3.63, 3.8) is 0 Å². The van der Waals surface area contributed by atoms with E-state index >= 15 is 0 Å². The molecule has 3 aromatic rings. The van der Waals surface area contributed by atoms with E-state index in [0.717, 1.165) is 47.5 Å². The molecule has 0 aliphatic carbocycles. The van der Waals surface area contributed by atoms with E-state index in [1.54, 1.807) is 6.07 Å². The number of alkyl halides is 3. The van der Waals surface area contributed by atoms with Gasteiger partial charge in [-0.25, -0.2) is 4.98 Å². The monoisotopic (exact) mass is 488 g/mol. The lowest BCUT2D eigenvalue weighted by Crippen LogP contribution is -2.54. The predicted molar refractivity (Wildman–Crippen MR) is 128 cm³/mol. The fourth-order valence-corrected chi connectivity index (χ4v) is 4.21. The highest BCUT2D eigenvalue weighted by atomic mass is 19.4. The zero-order valence-corrected chi connectivity index (χ0v) is 19.6. The lowest BCUT2D eigenvalue weighted by atomic mass is 10.1. The number of halogens is 3. The molecule has 1 aliphatic rings. The van der Waals surface area contributed by atoms with Crippen LogP contribution in [0.1, 0.15) is 19.4 Å². The van der Waals surface area contributed by atoms with E-state index in [4.69, 9.17) is 9.72 Å². The van der Waals surface area contributed by atoms with Gasteiger partial charge >= 0.3 is 6.36 Å².